The van der Waals surface area contributed by atoms with Gasteiger partial charge in [-0.1, -0.05) is 62.4 Å². The lowest BCUT2D eigenvalue weighted by Gasteiger charge is -2.34. The van der Waals surface area contributed by atoms with Crippen molar-refractivity contribution in [3.05, 3.63) is 112 Å². The van der Waals surface area contributed by atoms with E-state index >= 15 is 0 Å². The Morgan fingerprint density at radius 1 is 0.571 bits per heavy atom. The van der Waals surface area contributed by atoms with Crippen LogP contribution in [0.2, 0.25) is 0 Å². The first-order chi connectivity index (χ1) is 16.5. The van der Waals surface area contributed by atoms with Gasteiger partial charge in [-0.15, -0.1) is 0 Å². The molecule has 4 aromatic carbocycles. The van der Waals surface area contributed by atoms with Crippen LogP contribution in [0.25, 0.3) is 11.1 Å². The van der Waals surface area contributed by atoms with Crippen molar-refractivity contribution in [2.24, 2.45) is 0 Å². The van der Waals surface area contributed by atoms with Gasteiger partial charge in [-0.2, -0.15) is 0 Å². The van der Waals surface area contributed by atoms with E-state index in [0.29, 0.717) is 5.75 Å². The van der Waals surface area contributed by atoms with Gasteiger partial charge < -0.3 is 15.3 Å². The Hall–Kier alpha value is -3.72. The number of aryl methyl sites for hydroxylation is 3. The fourth-order valence-corrected chi connectivity index (χ4v) is 4.87. The van der Waals surface area contributed by atoms with E-state index in [4.69, 9.17) is 0 Å². The maximum Gasteiger partial charge on any atom is 0.118 e. The minimum atomic E-state index is -0.510. The lowest BCUT2D eigenvalue weighted by atomic mass is 9.69. The second-order valence-electron chi connectivity index (χ2n) is 10.1. The zero-order chi connectivity index (χ0) is 25.5. The van der Waals surface area contributed by atoms with Gasteiger partial charge in [0.1, 0.15) is 17.2 Å². The lowest BCUT2D eigenvalue weighted by Crippen LogP contribution is -2.26. The predicted octanol–water partition coefficient (Wildman–Crippen LogP) is 7.87. The van der Waals surface area contributed by atoms with Crippen LogP contribution in [0.15, 0.2) is 72.8 Å². The topological polar surface area (TPSA) is 60.7 Å². The third kappa shape index (κ3) is 4.39. The van der Waals surface area contributed by atoms with Gasteiger partial charge in [0.05, 0.1) is 0 Å². The van der Waals surface area contributed by atoms with E-state index in [0.717, 1.165) is 44.5 Å². The molecule has 0 aliphatic heterocycles. The molecule has 4 aromatic rings. The summed E-state index contributed by atoms with van der Waals surface area (Å²) in [5.74, 6) is 1.14. The van der Waals surface area contributed by atoms with E-state index in [1.807, 2.05) is 57.2 Å². The van der Waals surface area contributed by atoms with Gasteiger partial charge in [0, 0.05) is 5.41 Å². The predicted molar refractivity (Wildman–Crippen MR) is 144 cm³/mol. The van der Waals surface area contributed by atoms with E-state index in [-0.39, 0.29) is 17.4 Å². The van der Waals surface area contributed by atoms with Crippen LogP contribution in [-0.4, -0.2) is 15.3 Å². The van der Waals surface area contributed by atoms with Gasteiger partial charge in [0.15, 0.2) is 0 Å². The zero-order valence-electron chi connectivity index (χ0n) is 21.3. The van der Waals surface area contributed by atoms with Crippen LogP contribution in [0.5, 0.6) is 17.2 Å². The summed E-state index contributed by atoms with van der Waals surface area (Å²) in [6, 6.07) is 24.0. The Bertz CT molecular complexity index is 1350. The first-order valence-corrected chi connectivity index (χ1v) is 12.1. The molecule has 0 unspecified atom stereocenters. The molecule has 0 spiro atoms. The first kappa shape index (κ1) is 24.4. The molecule has 0 aromatic heterocycles. The number of hydrogen-bond donors (Lipinski definition) is 3. The molecule has 35 heavy (non-hydrogen) atoms. The van der Waals surface area contributed by atoms with Gasteiger partial charge in [-0.3, -0.25) is 0 Å². The average molecular weight is 467 g/mol. The van der Waals surface area contributed by atoms with Crippen molar-refractivity contribution < 1.29 is 15.3 Å². The van der Waals surface area contributed by atoms with Crippen LogP contribution < -0.4 is 0 Å². The third-order valence-corrected chi connectivity index (χ3v) is 7.31. The van der Waals surface area contributed by atoms with Crippen LogP contribution in [0.4, 0.5) is 0 Å². The molecule has 0 aliphatic carbocycles. The Morgan fingerprint density at radius 2 is 1.00 bits per heavy atom. The van der Waals surface area contributed by atoms with Crippen molar-refractivity contribution in [2.45, 2.75) is 52.9 Å². The highest BCUT2D eigenvalue weighted by Crippen LogP contribution is 2.43. The van der Waals surface area contributed by atoms with Crippen LogP contribution >= 0.6 is 0 Å². The van der Waals surface area contributed by atoms with Gasteiger partial charge in [-0.25, -0.2) is 0 Å². The maximum absolute atomic E-state index is 10.2. The molecule has 0 atom stereocenters. The molecule has 3 nitrogen and oxygen atoms in total. The number of phenols is 3. The average Bonchev–Trinajstić information content (AvgIpc) is 2.83. The highest BCUT2D eigenvalue weighted by Gasteiger charge is 2.33. The molecule has 0 heterocycles. The van der Waals surface area contributed by atoms with Crippen molar-refractivity contribution in [1.82, 2.24) is 0 Å². The van der Waals surface area contributed by atoms with Crippen molar-refractivity contribution in [1.29, 1.82) is 0 Å². The minimum absolute atomic E-state index is 0.277. The number of benzene rings is 4. The number of phenolic OH excluding ortho intramolecular Hbond substituents is 3. The maximum atomic E-state index is 10.2. The molecular weight excluding hydrogens is 432 g/mol. The second-order valence-corrected chi connectivity index (χ2v) is 10.1. The first-order valence-electron chi connectivity index (χ1n) is 12.1. The Morgan fingerprint density at radius 3 is 1.46 bits per heavy atom. The summed E-state index contributed by atoms with van der Waals surface area (Å²) in [5.41, 5.74) is 8.72. The van der Waals surface area contributed by atoms with Crippen molar-refractivity contribution in [3.8, 4) is 28.4 Å². The van der Waals surface area contributed by atoms with Gasteiger partial charge in [0.25, 0.3) is 0 Å². The van der Waals surface area contributed by atoms with E-state index in [9.17, 15) is 15.3 Å². The summed E-state index contributed by atoms with van der Waals surface area (Å²) in [4.78, 5) is 0. The molecule has 180 valence electrons. The molecule has 0 saturated carbocycles. The molecule has 3 N–H and O–H groups in total. The highest BCUT2D eigenvalue weighted by molar-refractivity contribution is 5.71. The molecule has 0 saturated heterocycles. The highest BCUT2D eigenvalue weighted by atomic mass is 16.3. The quantitative estimate of drug-likeness (QED) is 0.262. The van der Waals surface area contributed by atoms with Gasteiger partial charge >= 0.3 is 0 Å². The fourth-order valence-electron chi connectivity index (χ4n) is 4.87. The summed E-state index contributed by atoms with van der Waals surface area (Å²) >= 11 is 0. The molecule has 0 fully saturated rings. The minimum Gasteiger partial charge on any atom is -0.508 e. The molecular formula is C32H34O3. The number of rotatable bonds is 5. The van der Waals surface area contributed by atoms with Crippen LogP contribution in [0, 0.1) is 20.8 Å². The number of aromatic hydroxyl groups is 3. The van der Waals surface area contributed by atoms with Crippen LogP contribution in [-0.2, 0) is 5.41 Å². The van der Waals surface area contributed by atoms with Crippen LogP contribution in [0.3, 0.4) is 0 Å². The summed E-state index contributed by atoms with van der Waals surface area (Å²) in [7, 11) is 0. The molecule has 0 radical (unpaired) electrons. The van der Waals surface area contributed by atoms with Gasteiger partial charge in [-0.05, 0) is 108 Å². The summed E-state index contributed by atoms with van der Waals surface area (Å²) in [6.07, 6.45) is 0. The molecule has 0 amide bonds. The van der Waals surface area contributed by atoms with Crippen molar-refractivity contribution in [3.63, 3.8) is 0 Å². The third-order valence-electron chi connectivity index (χ3n) is 7.31. The Balaban J connectivity index is 1.98. The SMILES string of the molecule is Cc1cc(-c2ccc(C(C)(c3ccc(O)c(C)c3)c3ccc(O)c(C)c3)cc2C(C)C)ccc1O. The van der Waals surface area contributed by atoms with E-state index in [2.05, 4.69) is 39.0 Å². The second kappa shape index (κ2) is 9.14. The number of hydrogen-bond acceptors (Lipinski definition) is 3. The lowest BCUT2D eigenvalue weighted by molar-refractivity contribution is 0.469. The molecule has 4 rings (SSSR count). The summed E-state index contributed by atoms with van der Waals surface area (Å²) in [5, 5.41) is 30.4. The standard InChI is InChI=1S/C32H34O3/c1-19(2)28-18-26(8-11-27(28)23-7-12-29(33)20(3)15-23)32(6,24-9-13-30(34)21(4)16-24)25-10-14-31(35)22(5)17-25/h7-19,33-35H,1-6H3. The molecule has 3 heteroatoms. The smallest absolute Gasteiger partial charge is 0.118 e. The van der Waals surface area contributed by atoms with Crippen LogP contribution in [0.1, 0.15) is 65.6 Å². The van der Waals surface area contributed by atoms with E-state index < -0.39 is 5.41 Å². The Labute approximate surface area is 208 Å². The Kier molecular flexibility index (Phi) is 6.38. The summed E-state index contributed by atoms with van der Waals surface area (Å²) in [6.45, 7) is 12.3. The normalized spacial score (nSPS) is 11.7. The largest absolute Gasteiger partial charge is 0.508 e. The molecule has 0 aliphatic rings. The van der Waals surface area contributed by atoms with Crippen molar-refractivity contribution in [2.75, 3.05) is 0 Å². The zero-order valence-corrected chi connectivity index (χ0v) is 21.3. The monoisotopic (exact) mass is 466 g/mol. The van der Waals surface area contributed by atoms with Gasteiger partial charge in [0.2, 0.25) is 0 Å². The summed E-state index contributed by atoms with van der Waals surface area (Å²) < 4.78 is 0. The van der Waals surface area contributed by atoms with Crippen molar-refractivity contribution >= 4 is 0 Å². The van der Waals surface area contributed by atoms with E-state index in [1.54, 1.807) is 18.2 Å². The molecule has 0 bridgehead atoms. The fraction of sp³-hybridized carbons (Fsp3) is 0.250. The van der Waals surface area contributed by atoms with E-state index in [1.165, 1.54) is 5.56 Å².